The molecular weight excluding hydrogens is 322 g/mol. The molecule has 5 heteroatoms. The summed E-state index contributed by atoms with van der Waals surface area (Å²) in [6.07, 6.45) is 2.80. The van der Waals surface area contributed by atoms with Crippen molar-refractivity contribution in [3.63, 3.8) is 0 Å². The number of hydrogen-bond donors (Lipinski definition) is 0. The lowest BCUT2D eigenvalue weighted by atomic mass is 9.94. The molecule has 0 aliphatic carbocycles. The molecule has 0 unspecified atom stereocenters. The topological polar surface area (TPSA) is 36.4 Å². The van der Waals surface area contributed by atoms with E-state index in [1.165, 1.54) is 5.69 Å². The summed E-state index contributed by atoms with van der Waals surface area (Å²) >= 11 is 6.08. The van der Waals surface area contributed by atoms with Gasteiger partial charge in [0, 0.05) is 53.9 Å². The van der Waals surface area contributed by atoms with E-state index in [0.29, 0.717) is 5.02 Å². The molecular formula is C19H24ClN3O. The summed E-state index contributed by atoms with van der Waals surface area (Å²) in [5.74, 6) is 0.232. The highest BCUT2D eigenvalue weighted by atomic mass is 35.5. The lowest BCUT2D eigenvalue weighted by Gasteiger charge is -2.29. The van der Waals surface area contributed by atoms with Crippen LogP contribution in [0, 0.1) is 5.41 Å². The largest absolute Gasteiger partial charge is 0.369 e. The van der Waals surface area contributed by atoms with Crippen LogP contribution in [0.25, 0.3) is 10.9 Å². The maximum atomic E-state index is 12.5. The molecule has 0 radical (unpaired) electrons. The number of hydrogen-bond acceptors (Lipinski definition) is 3. The normalized spacial score (nSPS) is 16.3. The van der Waals surface area contributed by atoms with Crippen LogP contribution in [0.15, 0.2) is 30.5 Å². The minimum Gasteiger partial charge on any atom is -0.369 e. The van der Waals surface area contributed by atoms with Crippen LogP contribution in [-0.2, 0) is 4.79 Å². The van der Waals surface area contributed by atoms with E-state index >= 15 is 0 Å². The molecule has 24 heavy (non-hydrogen) atoms. The first-order valence-corrected chi connectivity index (χ1v) is 8.83. The second kappa shape index (κ2) is 6.60. The van der Waals surface area contributed by atoms with E-state index in [4.69, 9.17) is 11.6 Å². The molecule has 3 rings (SSSR count). The number of nitrogens with zero attached hydrogens (tertiary/aromatic N) is 3. The Bertz CT molecular complexity index is 754. The van der Waals surface area contributed by atoms with Crippen LogP contribution in [0.3, 0.4) is 0 Å². The van der Waals surface area contributed by atoms with Gasteiger partial charge in [-0.15, -0.1) is 0 Å². The molecule has 2 aromatic rings. The summed E-state index contributed by atoms with van der Waals surface area (Å²) in [4.78, 5) is 21.3. The molecule has 2 heterocycles. The van der Waals surface area contributed by atoms with E-state index in [2.05, 4.69) is 16.0 Å². The van der Waals surface area contributed by atoms with Crippen molar-refractivity contribution in [3.05, 3.63) is 35.5 Å². The van der Waals surface area contributed by atoms with E-state index in [1.54, 1.807) is 0 Å². The van der Waals surface area contributed by atoms with Gasteiger partial charge in [-0.2, -0.15) is 0 Å². The fourth-order valence-corrected chi connectivity index (χ4v) is 3.38. The van der Waals surface area contributed by atoms with Crippen molar-refractivity contribution >= 4 is 34.1 Å². The van der Waals surface area contributed by atoms with Crippen molar-refractivity contribution in [1.82, 2.24) is 9.88 Å². The van der Waals surface area contributed by atoms with Gasteiger partial charge in [0.1, 0.15) is 0 Å². The summed E-state index contributed by atoms with van der Waals surface area (Å²) in [6.45, 7) is 9.31. The number of carbonyl (C=O) groups is 1. The van der Waals surface area contributed by atoms with E-state index in [0.717, 1.165) is 43.5 Å². The van der Waals surface area contributed by atoms with E-state index in [-0.39, 0.29) is 11.3 Å². The van der Waals surface area contributed by atoms with Crippen molar-refractivity contribution in [2.24, 2.45) is 5.41 Å². The zero-order valence-corrected chi connectivity index (χ0v) is 15.3. The highest BCUT2D eigenvalue weighted by molar-refractivity contribution is 6.31. The molecule has 1 aromatic heterocycles. The molecule has 0 saturated carbocycles. The van der Waals surface area contributed by atoms with Crippen LogP contribution in [0.2, 0.25) is 5.02 Å². The Kier molecular flexibility index (Phi) is 4.68. The minimum atomic E-state index is -0.324. The minimum absolute atomic E-state index is 0.232. The van der Waals surface area contributed by atoms with Crippen molar-refractivity contribution < 1.29 is 4.79 Å². The number of fused-ring (bicyclic) bond motifs is 1. The van der Waals surface area contributed by atoms with Crippen LogP contribution in [0.1, 0.15) is 27.2 Å². The van der Waals surface area contributed by atoms with Crippen LogP contribution >= 0.6 is 11.6 Å². The van der Waals surface area contributed by atoms with Crippen LogP contribution in [0.5, 0.6) is 0 Å². The number of rotatable bonds is 1. The van der Waals surface area contributed by atoms with Gasteiger partial charge in [-0.1, -0.05) is 32.4 Å². The monoisotopic (exact) mass is 345 g/mol. The molecule has 1 fully saturated rings. The van der Waals surface area contributed by atoms with Crippen LogP contribution in [0.4, 0.5) is 5.69 Å². The Morgan fingerprint density at radius 1 is 1.12 bits per heavy atom. The van der Waals surface area contributed by atoms with Gasteiger partial charge in [-0.05, 0) is 30.7 Å². The first kappa shape index (κ1) is 17.0. The number of halogens is 1. The smallest absolute Gasteiger partial charge is 0.228 e. The standard InChI is InChI=1S/C19H24ClN3O/c1-19(2,3)18(24)23-10-4-9-22(11-12-23)17-7-8-21-16-13-14(20)5-6-15(16)17/h5-8,13H,4,9-12H2,1-3H3. The van der Waals surface area contributed by atoms with Gasteiger partial charge in [-0.3, -0.25) is 9.78 Å². The molecule has 1 amide bonds. The fourth-order valence-electron chi connectivity index (χ4n) is 3.22. The Morgan fingerprint density at radius 3 is 2.67 bits per heavy atom. The number of benzene rings is 1. The van der Waals surface area contributed by atoms with E-state index in [9.17, 15) is 4.79 Å². The highest BCUT2D eigenvalue weighted by Gasteiger charge is 2.28. The van der Waals surface area contributed by atoms with Gasteiger partial charge in [0.15, 0.2) is 0 Å². The zero-order chi connectivity index (χ0) is 17.3. The number of pyridine rings is 1. The molecule has 0 N–H and O–H groups in total. The van der Waals surface area contributed by atoms with E-state index < -0.39 is 0 Å². The quantitative estimate of drug-likeness (QED) is 0.784. The first-order chi connectivity index (χ1) is 11.4. The zero-order valence-electron chi connectivity index (χ0n) is 14.6. The predicted octanol–water partition coefficient (Wildman–Crippen LogP) is 3.97. The number of amides is 1. The lowest BCUT2D eigenvalue weighted by molar-refractivity contribution is -0.139. The molecule has 0 atom stereocenters. The second-order valence-electron chi connectivity index (χ2n) is 7.37. The van der Waals surface area contributed by atoms with Gasteiger partial charge in [-0.25, -0.2) is 0 Å². The summed E-state index contributed by atoms with van der Waals surface area (Å²) in [5, 5.41) is 1.81. The summed E-state index contributed by atoms with van der Waals surface area (Å²) in [6, 6.07) is 7.89. The third kappa shape index (κ3) is 3.48. The number of aromatic nitrogens is 1. The average Bonchev–Trinajstić information content (AvgIpc) is 2.78. The second-order valence-corrected chi connectivity index (χ2v) is 7.81. The molecule has 0 spiro atoms. The van der Waals surface area contributed by atoms with Crippen molar-refractivity contribution in [1.29, 1.82) is 0 Å². The third-order valence-corrected chi connectivity index (χ3v) is 4.68. The number of anilines is 1. The van der Waals surface area contributed by atoms with Crippen LogP contribution < -0.4 is 4.90 Å². The predicted molar refractivity (Wildman–Crippen MR) is 99.6 cm³/mol. The van der Waals surface area contributed by atoms with Gasteiger partial charge in [0.2, 0.25) is 5.91 Å². The molecule has 1 aromatic carbocycles. The Balaban J connectivity index is 1.83. The summed E-state index contributed by atoms with van der Waals surface area (Å²) in [7, 11) is 0. The Labute approximate surface area is 148 Å². The Hall–Kier alpha value is -1.81. The SMILES string of the molecule is CC(C)(C)C(=O)N1CCCN(c2ccnc3cc(Cl)ccc23)CC1. The molecule has 1 aliphatic heterocycles. The van der Waals surface area contributed by atoms with Gasteiger partial charge >= 0.3 is 0 Å². The lowest BCUT2D eigenvalue weighted by Crippen LogP contribution is -2.41. The first-order valence-electron chi connectivity index (χ1n) is 8.45. The van der Waals surface area contributed by atoms with Gasteiger partial charge < -0.3 is 9.80 Å². The van der Waals surface area contributed by atoms with Crippen molar-refractivity contribution in [2.45, 2.75) is 27.2 Å². The van der Waals surface area contributed by atoms with Gasteiger partial charge in [0.25, 0.3) is 0 Å². The highest BCUT2D eigenvalue weighted by Crippen LogP contribution is 2.28. The van der Waals surface area contributed by atoms with Gasteiger partial charge in [0.05, 0.1) is 5.52 Å². The Morgan fingerprint density at radius 2 is 1.92 bits per heavy atom. The van der Waals surface area contributed by atoms with Crippen molar-refractivity contribution in [2.75, 3.05) is 31.1 Å². The molecule has 128 valence electrons. The maximum absolute atomic E-state index is 12.5. The number of carbonyl (C=O) groups excluding carboxylic acids is 1. The molecule has 1 saturated heterocycles. The average molecular weight is 346 g/mol. The summed E-state index contributed by atoms with van der Waals surface area (Å²) in [5.41, 5.74) is 1.75. The fraction of sp³-hybridized carbons (Fsp3) is 0.474. The molecule has 0 bridgehead atoms. The summed E-state index contributed by atoms with van der Waals surface area (Å²) < 4.78 is 0. The van der Waals surface area contributed by atoms with E-state index in [1.807, 2.05) is 50.1 Å². The molecule has 1 aliphatic rings. The van der Waals surface area contributed by atoms with Crippen molar-refractivity contribution in [3.8, 4) is 0 Å². The third-order valence-electron chi connectivity index (χ3n) is 4.45. The van der Waals surface area contributed by atoms with Crippen LogP contribution in [-0.4, -0.2) is 42.0 Å². The molecule has 4 nitrogen and oxygen atoms in total. The maximum Gasteiger partial charge on any atom is 0.228 e.